The van der Waals surface area contributed by atoms with Crippen molar-refractivity contribution in [2.24, 2.45) is 0 Å². The highest BCUT2D eigenvalue weighted by Crippen LogP contribution is 2.31. The molecule has 6 heteroatoms. The third kappa shape index (κ3) is 2.70. The SMILES string of the molecule is COc1ccc(-n2cnc3c(-c4cccc(F)c4)csc3c2=O)cc1. The number of halogens is 1. The number of rotatable bonds is 3. The van der Waals surface area contributed by atoms with Gasteiger partial charge in [0, 0.05) is 10.9 Å². The minimum atomic E-state index is -0.316. The molecule has 2 heterocycles. The summed E-state index contributed by atoms with van der Waals surface area (Å²) < 4.78 is 20.7. The second-order valence-corrected chi connectivity index (χ2v) is 6.33. The summed E-state index contributed by atoms with van der Waals surface area (Å²) in [5.74, 6) is 0.402. The fourth-order valence-electron chi connectivity index (χ4n) is 2.70. The molecule has 4 rings (SSSR count). The molecule has 0 bridgehead atoms. The minimum Gasteiger partial charge on any atom is -0.497 e. The summed E-state index contributed by atoms with van der Waals surface area (Å²) >= 11 is 1.31. The first-order valence-electron chi connectivity index (χ1n) is 7.56. The van der Waals surface area contributed by atoms with Crippen molar-refractivity contribution in [2.45, 2.75) is 0 Å². The van der Waals surface area contributed by atoms with Crippen LogP contribution in [-0.2, 0) is 0 Å². The van der Waals surface area contributed by atoms with Gasteiger partial charge in [-0.1, -0.05) is 12.1 Å². The maximum atomic E-state index is 13.5. The average molecular weight is 352 g/mol. The predicted molar refractivity (Wildman–Crippen MR) is 97.2 cm³/mol. The van der Waals surface area contributed by atoms with Gasteiger partial charge in [-0.3, -0.25) is 9.36 Å². The number of aromatic nitrogens is 2. The zero-order valence-corrected chi connectivity index (χ0v) is 14.1. The molecular weight excluding hydrogens is 339 g/mol. The van der Waals surface area contributed by atoms with Gasteiger partial charge in [-0.05, 0) is 42.0 Å². The molecule has 0 saturated carbocycles. The summed E-state index contributed by atoms with van der Waals surface area (Å²) in [6.07, 6.45) is 1.50. The Morgan fingerprint density at radius 1 is 1.16 bits per heavy atom. The first-order chi connectivity index (χ1) is 12.2. The fourth-order valence-corrected chi connectivity index (χ4v) is 3.65. The van der Waals surface area contributed by atoms with Crippen molar-refractivity contribution in [1.29, 1.82) is 0 Å². The highest BCUT2D eigenvalue weighted by Gasteiger charge is 2.13. The van der Waals surface area contributed by atoms with E-state index in [-0.39, 0.29) is 11.4 Å². The van der Waals surface area contributed by atoms with Crippen LogP contribution in [-0.4, -0.2) is 16.7 Å². The largest absolute Gasteiger partial charge is 0.497 e. The summed E-state index contributed by atoms with van der Waals surface area (Å²) in [4.78, 5) is 17.3. The van der Waals surface area contributed by atoms with Crippen LogP contribution in [0.25, 0.3) is 27.0 Å². The quantitative estimate of drug-likeness (QED) is 0.553. The molecule has 0 aliphatic rings. The highest BCUT2D eigenvalue weighted by atomic mass is 32.1. The third-order valence-corrected chi connectivity index (χ3v) is 4.92. The molecule has 0 saturated heterocycles. The van der Waals surface area contributed by atoms with Crippen molar-refractivity contribution in [1.82, 2.24) is 9.55 Å². The molecular formula is C19H13FN2O2S. The molecule has 4 nitrogen and oxygen atoms in total. The van der Waals surface area contributed by atoms with Crippen LogP contribution >= 0.6 is 11.3 Å². The average Bonchev–Trinajstić information content (AvgIpc) is 3.07. The van der Waals surface area contributed by atoms with E-state index in [0.717, 1.165) is 11.3 Å². The van der Waals surface area contributed by atoms with E-state index < -0.39 is 0 Å². The molecule has 0 atom stereocenters. The topological polar surface area (TPSA) is 44.1 Å². The van der Waals surface area contributed by atoms with Gasteiger partial charge in [0.2, 0.25) is 0 Å². The van der Waals surface area contributed by atoms with Crippen molar-refractivity contribution in [3.8, 4) is 22.6 Å². The summed E-state index contributed by atoms with van der Waals surface area (Å²) in [5.41, 5.74) is 2.62. The van der Waals surface area contributed by atoms with Crippen molar-refractivity contribution < 1.29 is 9.13 Å². The van der Waals surface area contributed by atoms with Crippen LogP contribution < -0.4 is 10.3 Å². The lowest BCUT2D eigenvalue weighted by molar-refractivity contribution is 0.414. The van der Waals surface area contributed by atoms with Crippen molar-refractivity contribution >= 4 is 21.6 Å². The van der Waals surface area contributed by atoms with Gasteiger partial charge < -0.3 is 4.74 Å². The molecule has 25 heavy (non-hydrogen) atoms. The highest BCUT2D eigenvalue weighted by molar-refractivity contribution is 7.17. The zero-order chi connectivity index (χ0) is 17.4. The predicted octanol–water partition coefficient (Wildman–Crippen LogP) is 4.26. The zero-order valence-electron chi connectivity index (χ0n) is 13.3. The molecule has 2 aromatic carbocycles. The first-order valence-corrected chi connectivity index (χ1v) is 8.44. The Labute approximate surface area is 146 Å². The maximum absolute atomic E-state index is 13.5. The number of hydrogen-bond donors (Lipinski definition) is 0. The molecule has 0 radical (unpaired) electrons. The Balaban J connectivity index is 1.85. The number of nitrogens with zero attached hydrogens (tertiary/aromatic N) is 2. The van der Waals surface area contributed by atoms with E-state index >= 15 is 0 Å². The number of benzene rings is 2. The smallest absolute Gasteiger partial charge is 0.275 e. The lowest BCUT2D eigenvalue weighted by Crippen LogP contribution is -2.17. The number of hydrogen-bond acceptors (Lipinski definition) is 4. The van der Waals surface area contributed by atoms with Gasteiger partial charge in [-0.25, -0.2) is 9.37 Å². The third-order valence-electron chi connectivity index (χ3n) is 3.97. The molecule has 0 unspecified atom stereocenters. The maximum Gasteiger partial charge on any atom is 0.275 e. The number of thiophene rings is 1. The fraction of sp³-hybridized carbons (Fsp3) is 0.0526. The van der Waals surface area contributed by atoms with Crippen molar-refractivity contribution in [2.75, 3.05) is 7.11 Å². The van der Waals surface area contributed by atoms with Gasteiger partial charge in [0.25, 0.3) is 5.56 Å². The standard InChI is InChI=1S/C19H13FN2O2S/c1-24-15-7-5-14(6-8-15)22-11-21-17-16(10-25-18(17)19(22)23)12-3-2-4-13(20)9-12/h2-11H,1H3. The molecule has 2 aromatic heterocycles. The summed E-state index contributed by atoms with van der Waals surface area (Å²) in [5, 5.41) is 1.84. The Morgan fingerprint density at radius 2 is 1.96 bits per heavy atom. The lowest BCUT2D eigenvalue weighted by atomic mass is 10.1. The lowest BCUT2D eigenvalue weighted by Gasteiger charge is -2.07. The van der Waals surface area contributed by atoms with E-state index in [2.05, 4.69) is 4.98 Å². The van der Waals surface area contributed by atoms with Gasteiger partial charge in [0.15, 0.2) is 0 Å². The summed E-state index contributed by atoms with van der Waals surface area (Å²) in [6, 6.07) is 13.5. The van der Waals surface area contributed by atoms with Crippen LogP contribution in [0.4, 0.5) is 4.39 Å². The molecule has 0 N–H and O–H groups in total. The van der Waals surface area contributed by atoms with Gasteiger partial charge in [0.05, 0.1) is 18.3 Å². The van der Waals surface area contributed by atoms with E-state index in [1.807, 2.05) is 5.38 Å². The second-order valence-electron chi connectivity index (χ2n) is 5.46. The Morgan fingerprint density at radius 3 is 2.68 bits per heavy atom. The molecule has 0 amide bonds. The normalized spacial score (nSPS) is 11.0. The van der Waals surface area contributed by atoms with E-state index in [0.29, 0.717) is 21.5 Å². The Bertz CT molecular complexity index is 1120. The molecule has 0 fully saturated rings. The van der Waals surface area contributed by atoms with E-state index in [4.69, 9.17) is 4.74 Å². The molecule has 0 aliphatic heterocycles. The molecule has 0 spiro atoms. The molecule has 124 valence electrons. The van der Waals surface area contributed by atoms with Crippen LogP contribution in [0.1, 0.15) is 0 Å². The minimum absolute atomic E-state index is 0.150. The van der Waals surface area contributed by atoms with Crippen LogP contribution in [0.15, 0.2) is 65.0 Å². The van der Waals surface area contributed by atoms with Gasteiger partial charge in [-0.2, -0.15) is 0 Å². The second kappa shape index (κ2) is 6.14. The molecule has 0 aliphatic carbocycles. The monoisotopic (exact) mass is 352 g/mol. The van der Waals surface area contributed by atoms with Crippen molar-refractivity contribution in [3.63, 3.8) is 0 Å². The van der Waals surface area contributed by atoms with Crippen LogP contribution in [0.3, 0.4) is 0 Å². The van der Waals surface area contributed by atoms with Gasteiger partial charge >= 0.3 is 0 Å². The number of methoxy groups -OCH3 is 1. The molecule has 4 aromatic rings. The van der Waals surface area contributed by atoms with Crippen molar-refractivity contribution in [3.05, 3.63) is 76.4 Å². The Kier molecular flexibility index (Phi) is 3.82. The first kappa shape index (κ1) is 15.5. The van der Waals surface area contributed by atoms with Crippen LogP contribution in [0.5, 0.6) is 5.75 Å². The summed E-state index contributed by atoms with van der Waals surface area (Å²) in [6.45, 7) is 0. The van der Waals surface area contributed by atoms with Gasteiger partial charge in [-0.15, -0.1) is 11.3 Å². The van der Waals surface area contributed by atoms with Gasteiger partial charge in [0.1, 0.15) is 22.6 Å². The van der Waals surface area contributed by atoms with E-state index in [9.17, 15) is 9.18 Å². The summed E-state index contributed by atoms with van der Waals surface area (Å²) in [7, 11) is 1.59. The Hall–Kier alpha value is -2.99. The van der Waals surface area contributed by atoms with Crippen LogP contribution in [0.2, 0.25) is 0 Å². The van der Waals surface area contributed by atoms with Crippen LogP contribution in [0, 0.1) is 5.82 Å². The van der Waals surface area contributed by atoms with E-state index in [1.54, 1.807) is 43.5 Å². The number of ether oxygens (including phenoxy) is 1. The number of fused-ring (bicyclic) bond motifs is 1. The van der Waals surface area contributed by atoms with E-state index in [1.165, 1.54) is 34.4 Å².